The maximum absolute atomic E-state index is 11.4. The van der Waals surface area contributed by atoms with Gasteiger partial charge in [-0.1, -0.05) is 6.07 Å². The second-order valence-corrected chi connectivity index (χ2v) is 6.08. The monoisotopic (exact) mass is 346 g/mol. The number of methoxy groups -OCH3 is 1. The van der Waals surface area contributed by atoms with E-state index in [1.54, 1.807) is 22.2 Å². The molecule has 0 aromatic carbocycles. The number of hydrogen-bond donors (Lipinski definition) is 2. The van der Waals surface area contributed by atoms with E-state index in [0.29, 0.717) is 19.6 Å². The fourth-order valence-corrected chi connectivity index (χ4v) is 2.91. The van der Waals surface area contributed by atoms with Crippen LogP contribution in [0.3, 0.4) is 0 Å². The number of amides is 1. The van der Waals surface area contributed by atoms with Gasteiger partial charge in [-0.15, -0.1) is 11.3 Å². The molecule has 3 aromatic heterocycles. The molecule has 3 heterocycles. The molecule has 0 atom stereocenters. The van der Waals surface area contributed by atoms with Crippen molar-refractivity contribution in [3.8, 4) is 0 Å². The number of nitrogens with one attached hydrogen (secondary N) is 2. The quantitative estimate of drug-likeness (QED) is 0.638. The number of anilines is 1. The minimum atomic E-state index is -0.151. The van der Waals surface area contributed by atoms with Crippen LogP contribution in [0.15, 0.2) is 30.0 Å². The normalized spacial score (nSPS) is 10.9. The minimum absolute atomic E-state index is 0.0544. The molecule has 0 fully saturated rings. The summed E-state index contributed by atoms with van der Waals surface area (Å²) in [4.78, 5) is 21.2. The number of ether oxygens (including phenoxy) is 1. The number of carbonyl (C=O) groups excluding carboxylic acids is 1. The zero-order valence-electron chi connectivity index (χ0n) is 13.2. The number of aromatic nitrogens is 4. The van der Waals surface area contributed by atoms with E-state index >= 15 is 0 Å². The molecule has 0 radical (unpaired) electrons. The number of nitrogens with zero attached hydrogens (tertiary/aromatic N) is 4. The van der Waals surface area contributed by atoms with E-state index in [-0.39, 0.29) is 12.5 Å². The van der Waals surface area contributed by atoms with Crippen LogP contribution in [0, 0.1) is 0 Å². The van der Waals surface area contributed by atoms with E-state index in [0.717, 1.165) is 16.9 Å². The third kappa shape index (κ3) is 3.87. The largest absolute Gasteiger partial charge is 0.375 e. The van der Waals surface area contributed by atoms with Crippen LogP contribution >= 0.6 is 11.3 Å². The maximum atomic E-state index is 11.4. The summed E-state index contributed by atoms with van der Waals surface area (Å²) < 4.78 is 6.52. The molecule has 126 valence electrons. The lowest BCUT2D eigenvalue weighted by atomic mass is 10.3. The first-order chi connectivity index (χ1) is 11.8. The van der Waals surface area contributed by atoms with Crippen molar-refractivity contribution in [2.75, 3.05) is 25.6 Å². The summed E-state index contributed by atoms with van der Waals surface area (Å²) in [6.07, 6.45) is 3.25. The van der Waals surface area contributed by atoms with Crippen LogP contribution in [0.2, 0.25) is 0 Å². The van der Waals surface area contributed by atoms with Gasteiger partial charge in [-0.2, -0.15) is 5.10 Å². The molecule has 0 bridgehead atoms. The number of rotatable bonds is 8. The smallest absolute Gasteiger partial charge is 0.246 e. The van der Waals surface area contributed by atoms with Gasteiger partial charge in [-0.3, -0.25) is 4.79 Å². The molecule has 0 saturated heterocycles. The zero-order chi connectivity index (χ0) is 16.8. The van der Waals surface area contributed by atoms with Gasteiger partial charge in [-0.05, 0) is 11.4 Å². The first-order valence-corrected chi connectivity index (χ1v) is 8.34. The van der Waals surface area contributed by atoms with Gasteiger partial charge in [0.05, 0.1) is 24.7 Å². The maximum Gasteiger partial charge on any atom is 0.246 e. The number of carbonyl (C=O) groups is 1. The Hall–Kier alpha value is -2.52. The van der Waals surface area contributed by atoms with Crippen LogP contribution in [0.25, 0.3) is 11.0 Å². The Morgan fingerprint density at radius 2 is 2.33 bits per heavy atom. The molecule has 0 spiro atoms. The highest BCUT2D eigenvalue weighted by atomic mass is 32.1. The van der Waals surface area contributed by atoms with Crippen molar-refractivity contribution >= 4 is 34.1 Å². The molecule has 2 N–H and O–H groups in total. The number of thiophene rings is 1. The van der Waals surface area contributed by atoms with Gasteiger partial charge < -0.3 is 15.4 Å². The van der Waals surface area contributed by atoms with Crippen molar-refractivity contribution in [3.05, 3.63) is 34.9 Å². The molecule has 24 heavy (non-hydrogen) atoms. The van der Waals surface area contributed by atoms with Crippen LogP contribution in [0.5, 0.6) is 0 Å². The second-order valence-electron chi connectivity index (χ2n) is 5.04. The average molecular weight is 346 g/mol. The topological polar surface area (TPSA) is 94.0 Å². The summed E-state index contributed by atoms with van der Waals surface area (Å²) in [5.74, 6) is 0.602. The Bertz CT molecular complexity index is 802. The Kier molecular flexibility index (Phi) is 5.34. The van der Waals surface area contributed by atoms with Gasteiger partial charge in [0.25, 0.3) is 0 Å². The van der Waals surface area contributed by atoms with Crippen molar-refractivity contribution < 1.29 is 9.53 Å². The summed E-state index contributed by atoms with van der Waals surface area (Å²) in [5.41, 5.74) is 0.736. The Morgan fingerprint density at radius 3 is 3.12 bits per heavy atom. The van der Waals surface area contributed by atoms with E-state index in [4.69, 9.17) is 4.74 Å². The van der Waals surface area contributed by atoms with Crippen LogP contribution < -0.4 is 10.6 Å². The van der Waals surface area contributed by atoms with E-state index < -0.39 is 0 Å². The molecule has 0 aliphatic rings. The molecule has 0 unspecified atom stereocenters. The molecule has 1 amide bonds. The van der Waals surface area contributed by atoms with Crippen LogP contribution in [0.4, 0.5) is 5.82 Å². The van der Waals surface area contributed by atoms with E-state index in [1.807, 2.05) is 11.4 Å². The summed E-state index contributed by atoms with van der Waals surface area (Å²) in [5, 5.41) is 13.3. The lowest BCUT2D eigenvalue weighted by Gasteiger charge is -2.07. The third-order valence-corrected chi connectivity index (χ3v) is 4.24. The third-order valence-electron chi connectivity index (χ3n) is 3.36. The van der Waals surface area contributed by atoms with E-state index in [1.165, 1.54) is 18.3 Å². The molecular weight excluding hydrogens is 328 g/mol. The van der Waals surface area contributed by atoms with Crippen molar-refractivity contribution in [2.24, 2.45) is 0 Å². The zero-order valence-corrected chi connectivity index (χ0v) is 14.0. The van der Waals surface area contributed by atoms with Crippen molar-refractivity contribution in [2.45, 2.75) is 13.1 Å². The van der Waals surface area contributed by atoms with Crippen LogP contribution in [0.1, 0.15) is 4.88 Å². The highest BCUT2D eigenvalue weighted by Gasteiger charge is 2.10. The van der Waals surface area contributed by atoms with Gasteiger partial charge in [0.1, 0.15) is 18.8 Å². The molecular formula is C15H18N6O2S. The highest BCUT2D eigenvalue weighted by Crippen LogP contribution is 2.20. The van der Waals surface area contributed by atoms with E-state index in [2.05, 4.69) is 31.8 Å². The number of fused-ring (bicyclic) bond motifs is 1. The Morgan fingerprint density at radius 1 is 1.42 bits per heavy atom. The molecule has 3 aromatic rings. The fourth-order valence-electron chi connectivity index (χ4n) is 2.26. The van der Waals surface area contributed by atoms with Crippen molar-refractivity contribution in [1.82, 2.24) is 25.1 Å². The Balaban J connectivity index is 1.66. The molecule has 9 heteroatoms. The Labute approximate surface area is 142 Å². The first kappa shape index (κ1) is 16.3. The fraction of sp³-hybridized carbons (Fsp3) is 0.333. The standard InChI is InChI=1S/C15H18N6O2S/c1-23-9-13(22)16-4-5-21-15-12(8-20-21)14(18-10-19-15)17-7-11-3-2-6-24-11/h2-3,6,8,10H,4-5,7,9H2,1H3,(H,16,22)(H,17,18,19). The van der Waals surface area contributed by atoms with E-state index in [9.17, 15) is 4.79 Å². The average Bonchev–Trinajstić information content (AvgIpc) is 3.23. The van der Waals surface area contributed by atoms with Gasteiger partial charge in [-0.25, -0.2) is 14.6 Å². The predicted octanol–water partition coefficient (Wildman–Crippen LogP) is 1.26. The molecule has 0 aliphatic carbocycles. The lowest BCUT2D eigenvalue weighted by molar-refractivity contribution is -0.124. The lowest BCUT2D eigenvalue weighted by Crippen LogP contribution is -2.30. The second kappa shape index (κ2) is 7.84. The SMILES string of the molecule is COCC(=O)NCCn1ncc2c(NCc3cccs3)ncnc21. The molecule has 8 nitrogen and oxygen atoms in total. The summed E-state index contributed by atoms with van der Waals surface area (Å²) in [6, 6.07) is 4.09. The van der Waals surface area contributed by atoms with Gasteiger partial charge in [0.15, 0.2) is 5.65 Å². The minimum Gasteiger partial charge on any atom is -0.375 e. The molecule has 3 rings (SSSR count). The number of hydrogen-bond acceptors (Lipinski definition) is 7. The van der Waals surface area contributed by atoms with Gasteiger partial charge >= 0.3 is 0 Å². The van der Waals surface area contributed by atoms with Crippen molar-refractivity contribution in [3.63, 3.8) is 0 Å². The summed E-state index contributed by atoms with van der Waals surface area (Å²) >= 11 is 1.69. The van der Waals surface area contributed by atoms with Gasteiger partial charge in [0.2, 0.25) is 5.91 Å². The molecule has 0 aliphatic heterocycles. The van der Waals surface area contributed by atoms with Crippen LogP contribution in [-0.4, -0.2) is 45.9 Å². The summed E-state index contributed by atoms with van der Waals surface area (Å²) in [7, 11) is 1.49. The molecule has 0 saturated carbocycles. The predicted molar refractivity (Wildman–Crippen MR) is 91.9 cm³/mol. The highest BCUT2D eigenvalue weighted by molar-refractivity contribution is 7.09. The van der Waals surface area contributed by atoms with Crippen LogP contribution in [-0.2, 0) is 22.6 Å². The van der Waals surface area contributed by atoms with Gasteiger partial charge in [0, 0.05) is 18.5 Å². The van der Waals surface area contributed by atoms with Crippen molar-refractivity contribution in [1.29, 1.82) is 0 Å². The first-order valence-electron chi connectivity index (χ1n) is 7.46. The summed E-state index contributed by atoms with van der Waals surface area (Å²) in [6.45, 7) is 1.75.